The lowest BCUT2D eigenvalue weighted by atomic mass is 10.0. The molecule has 0 aliphatic heterocycles. The van der Waals surface area contributed by atoms with E-state index in [0.29, 0.717) is 17.1 Å². The molecule has 16 heteroatoms. The van der Waals surface area contributed by atoms with Crippen molar-refractivity contribution in [2.75, 3.05) is 28.4 Å². The van der Waals surface area contributed by atoms with Crippen molar-refractivity contribution in [3.63, 3.8) is 0 Å². The quantitative estimate of drug-likeness (QED) is 0.116. The van der Waals surface area contributed by atoms with Crippen molar-refractivity contribution in [3.05, 3.63) is 53.3 Å². The number of ether oxygens (including phenoxy) is 6. The number of rotatable bonds is 14. The molecule has 1 aromatic heterocycles. The third-order valence-electron chi connectivity index (χ3n) is 6.48. The van der Waals surface area contributed by atoms with Gasteiger partial charge in [0.1, 0.15) is 5.69 Å². The first-order chi connectivity index (χ1) is 22.0. The molecule has 0 fully saturated rings. The fourth-order valence-electron chi connectivity index (χ4n) is 4.57. The number of halogens is 3. The minimum absolute atomic E-state index is 0.0521. The Bertz CT molecular complexity index is 1710. The number of aromatic nitrogens is 1. The molecular weight excluding hydrogens is 651 g/mol. The Morgan fingerprint density at radius 2 is 1.32 bits per heavy atom. The topological polar surface area (TPSA) is 138 Å². The van der Waals surface area contributed by atoms with E-state index in [0.717, 1.165) is 18.8 Å². The van der Waals surface area contributed by atoms with E-state index < -0.39 is 50.3 Å². The summed E-state index contributed by atoms with van der Waals surface area (Å²) in [6.45, 7) is 6.86. The summed E-state index contributed by atoms with van der Waals surface area (Å²) in [5.41, 5.74) is -7.14. The van der Waals surface area contributed by atoms with E-state index in [1.807, 2.05) is 13.8 Å². The van der Waals surface area contributed by atoms with E-state index >= 15 is 0 Å². The Morgan fingerprint density at radius 1 is 0.766 bits per heavy atom. The van der Waals surface area contributed by atoms with Crippen molar-refractivity contribution in [1.82, 2.24) is 4.57 Å². The van der Waals surface area contributed by atoms with E-state index in [1.165, 1.54) is 32.4 Å². The first kappa shape index (κ1) is 36.9. The highest BCUT2D eigenvalue weighted by Gasteiger charge is 2.50. The van der Waals surface area contributed by atoms with Crippen LogP contribution in [0.5, 0.6) is 28.7 Å². The minimum atomic E-state index is -6.37. The van der Waals surface area contributed by atoms with Crippen LogP contribution in [0.25, 0.3) is 11.1 Å². The Balaban J connectivity index is 2.39. The van der Waals surface area contributed by atoms with Crippen LogP contribution < -0.4 is 23.1 Å². The highest BCUT2D eigenvalue weighted by molar-refractivity contribution is 7.88. The van der Waals surface area contributed by atoms with Crippen molar-refractivity contribution >= 4 is 22.1 Å². The molecule has 2 aromatic carbocycles. The predicted octanol–water partition coefficient (Wildman–Crippen LogP) is 5.79. The van der Waals surface area contributed by atoms with Gasteiger partial charge in [-0.05, 0) is 69.5 Å². The van der Waals surface area contributed by atoms with Crippen LogP contribution >= 0.6 is 0 Å². The minimum Gasteiger partial charge on any atom is -0.493 e. The van der Waals surface area contributed by atoms with Crippen LogP contribution in [0.3, 0.4) is 0 Å². The van der Waals surface area contributed by atoms with Crippen LogP contribution in [0.15, 0.2) is 36.4 Å². The van der Waals surface area contributed by atoms with E-state index in [9.17, 15) is 31.2 Å². The monoisotopic (exact) mass is 687 g/mol. The first-order valence-electron chi connectivity index (χ1n) is 14.1. The van der Waals surface area contributed by atoms with Crippen LogP contribution in [-0.4, -0.2) is 71.1 Å². The summed E-state index contributed by atoms with van der Waals surface area (Å²) in [7, 11) is -1.67. The third kappa shape index (κ3) is 8.22. The Morgan fingerprint density at radius 3 is 1.85 bits per heavy atom. The smallest absolute Gasteiger partial charge is 0.493 e. The number of carbonyl (C=O) groups excluding carboxylic acids is 2. The molecule has 0 aliphatic rings. The van der Waals surface area contributed by atoms with Gasteiger partial charge in [-0.25, -0.2) is 9.59 Å². The highest BCUT2D eigenvalue weighted by Crippen LogP contribution is 2.45. The normalized spacial score (nSPS) is 11.8. The standard InChI is InChI=1S/C31H36F3NO11S/c1-17(2)44-22-12-10-20(16-23(22)41-6)25-26(29(36)42-7)35(14-13-19-9-11-21(40-5)24(15-19)45-18(3)4)27(30(37)43-8)28(25)46-47(38,39)31(32,33)34/h9-12,15-18H,13-14H2,1-8H3. The van der Waals surface area contributed by atoms with Crippen LogP contribution in [0.1, 0.15) is 54.2 Å². The number of aryl methyl sites for hydroxylation is 1. The fraction of sp³-hybridized carbons (Fsp3) is 0.419. The molecule has 0 saturated heterocycles. The summed E-state index contributed by atoms with van der Waals surface area (Å²) in [6.07, 6.45) is -0.462. The predicted molar refractivity (Wildman–Crippen MR) is 163 cm³/mol. The number of carbonyl (C=O) groups is 2. The van der Waals surface area contributed by atoms with Crippen molar-refractivity contribution < 1.29 is 63.8 Å². The van der Waals surface area contributed by atoms with E-state index in [-0.39, 0.29) is 42.2 Å². The maximum Gasteiger partial charge on any atom is 0.534 e. The second-order valence-electron chi connectivity index (χ2n) is 10.5. The Kier molecular flexibility index (Phi) is 11.7. The van der Waals surface area contributed by atoms with Gasteiger partial charge in [0.25, 0.3) is 0 Å². The zero-order chi connectivity index (χ0) is 35.3. The number of hydrogen-bond donors (Lipinski definition) is 0. The van der Waals surface area contributed by atoms with Gasteiger partial charge in [-0.3, -0.25) is 0 Å². The molecule has 1 heterocycles. The van der Waals surface area contributed by atoms with E-state index in [2.05, 4.69) is 4.18 Å². The lowest BCUT2D eigenvalue weighted by molar-refractivity contribution is -0.0500. The van der Waals surface area contributed by atoms with Gasteiger partial charge in [-0.1, -0.05) is 12.1 Å². The van der Waals surface area contributed by atoms with Crippen LogP contribution in [-0.2, 0) is 32.6 Å². The number of nitrogens with zero attached hydrogens (tertiary/aromatic N) is 1. The second-order valence-corrected chi connectivity index (χ2v) is 12.0. The molecule has 12 nitrogen and oxygen atoms in total. The molecule has 258 valence electrons. The summed E-state index contributed by atoms with van der Waals surface area (Å²) in [6, 6.07) is 8.99. The number of methoxy groups -OCH3 is 4. The van der Waals surface area contributed by atoms with Gasteiger partial charge in [-0.15, -0.1) is 0 Å². The maximum atomic E-state index is 13.7. The molecule has 3 aromatic rings. The molecule has 0 aliphatic carbocycles. The molecule has 0 N–H and O–H groups in total. The fourth-order valence-corrected chi connectivity index (χ4v) is 5.05. The molecular formula is C31H36F3NO11S. The van der Waals surface area contributed by atoms with Crippen LogP contribution in [0.2, 0.25) is 0 Å². The zero-order valence-corrected chi connectivity index (χ0v) is 27.8. The van der Waals surface area contributed by atoms with Gasteiger partial charge in [0.15, 0.2) is 34.4 Å². The number of hydrogen-bond acceptors (Lipinski definition) is 11. The van der Waals surface area contributed by atoms with Gasteiger partial charge in [0.2, 0.25) is 0 Å². The molecule has 0 bridgehead atoms. The maximum absolute atomic E-state index is 13.7. The number of alkyl halides is 3. The molecule has 3 rings (SSSR count). The third-order valence-corrected chi connectivity index (χ3v) is 7.44. The lowest BCUT2D eigenvalue weighted by Gasteiger charge is -2.16. The van der Waals surface area contributed by atoms with Gasteiger partial charge in [-0.2, -0.15) is 21.6 Å². The molecule has 0 radical (unpaired) electrons. The van der Waals surface area contributed by atoms with E-state index in [1.54, 1.807) is 32.0 Å². The molecule has 0 amide bonds. The highest BCUT2D eigenvalue weighted by atomic mass is 32.2. The van der Waals surface area contributed by atoms with Crippen LogP contribution in [0.4, 0.5) is 13.2 Å². The first-order valence-corrected chi connectivity index (χ1v) is 15.5. The Hall–Kier alpha value is -4.60. The second kappa shape index (κ2) is 14.9. The Labute approximate surface area is 270 Å². The van der Waals surface area contributed by atoms with Crippen molar-refractivity contribution in [2.24, 2.45) is 0 Å². The van der Waals surface area contributed by atoms with E-state index in [4.69, 9.17) is 28.4 Å². The average molecular weight is 688 g/mol. The van der Waals surface area contributed by atoms with Crippen molar-refractivity contribution in [3.8, 4) is 39.9 Å². The average Bonchev–Trinajstić information content (AvgIpc) is 3.31. The summed E-state index contributed by atoms with van der Waals surface area (Å²) in [5.74, 6) is -2.37. The van der Waals surface area contributed by atoms with Crippen molar-refractivity contribution in [1.29, 1.82) is 0 Å². The summed E-state index contributed by atoms with van der Waals surface area (Å²) < 4.78 is 104. The van der Waals surface area contributed by atoms with Gasteiger partial charge < -0.3 is 37.2 Å². The summed E-state index contributed by atoms with van der Waals surface area (Å²) in [4.78, 5) is 26.6. The zero-order valence-electron chi connectivity index (χ0n) is 27.0. The van der Waals surface area contributed by atoms with Gasteiger partial charge >= 0.3 is 27.6 Å². The van der Waals surface area contributed by atoms with Crippen molar-refractivity contribution in [2.45, 2.75) is 58.4 Å². The molecule has 0 unspecified atom stereocenters. The van der Waals surface area contributed by atoms with Gasteiger partial charge in [0, 0.05) is 6.54 Å². The SMILES string of the molecule is COC(=O)c1c(OS(=O)(=O)C(F)(F)F)c(-c2ccc(OC(C)C)c(OC)c2)c(C(=O)OC)n1CCc1ccc(OC)c(OC(C)C)c1. The summed E-state index contributed by atoms with van der Waals surface area (Å²) >= 11 is 0. The molecule has 47 heavy (non-hydrogen) atoms. The molecule has 0 saturated carbocycles. The molecule has 0 spiro atoms. The largest absolute Gasteiger partial charge is 0.534 e. The number of esters is 2. The lowest BCUT2D eigenvalue weighted by Crippen LogP contribution is -2.29. The van der Waals surface area contributed by atoms with Crippen LogP contribution in [0, 0.1) is 0 Å². The van der Waals surface area contributed by atoms with Gasteiger partial charge in [0.05, 0.1) is 46.2 Å². The molecule has 0 atom stereocenters. The summed E-state index contributed by atoms with van der Waals surface area (Å²) in [5, 5.41) is 0. The number of benzene rings is 2.